The smallest absolute Gasteiger partial charge is 0.294 e. The summed E-state index contributed by atoms with van der Waals surface area (Å²) in [6.45, 7) is 2.59. The van der Waals surface area contributed by atoms with E-state index in [-0.39, 0.29) is 17.4 Å². The number of anilines is 1. The quantitative estimate of drug-likeness (QED) is 0.361. The zero-order chi connectivity index (χ0) is 28.1. The van der Waals surface area contributed by atoms with Crippen LogP contribution in [0.15, 0.2) is 35.2 Å². The van der Waals surface area contributed by atoms with Gasteiger partial charge in [0, 0.05) is 13.1 Å². The number of amides is 4. The van der Waals surface area contributed by atoms with Gasteiger partial charge in [-0.3, -0.25) is 24.1 Å². The van der Waals surface area contributed by atoms with Crippen molar-refractivity contribution in [2.24, 2.45) is 0 Å². The number of carbonyl (C=O) groups excluding carboxylic acids is 4. The molecule has 0 radical (unpaired) electrons. The van der Waals surface area contributed by atoms with Crippen LogP contribution in [0.25, 0.3) is 6.08 Å². The molecule has 4 rings (SSSR count). The topological polar surface area (TPSA) is 105 Å². The fraction of sp³-hybridized carbons (Fsp3) is 0.308. The molecule has 13 heteroatoms. The Morgan fingerprint density at radius 1 is 1.03 bits per heavy atom. The highest BCUT2D eigenvalue weighted by molar-refractivity contribution is 8.18. The average molecular weight is 564 g/mol. The number of rotatable bonds is 9. The van der Waals surface area contributed by atoms with E-state index in [4.69, 9.17) is 9.47 Å². The van der Waals surface area contributed by atoms with Crippen LogP contribution in [-0.2, 0) is 14.4 Å². The first-order chi connectivity index (χ1) is 18.7. The molecular weight excluding hydrogens is 539 g/mol. The fourth-order valence-corrected chi connectivity index (χ4v) is 4.78. The lowest BCUT2D eigenvalue weighted by atomic mass is 10.2. The second-order valence-corrected chi connectivity index (χ2v) is 9.55. The van der Waals surface area contributed by atoms with Crippen LogP contribution in [-0.4, -0.2) is 65.6 Å². The highest BCUT2D eigenvalue weighted by atomic mass is 32.2. The first kappa shape index (κ1) is 28.0. The Kier molecular flexibility index (Phi) is 8.79. The Morgan fingerprint density at radius 2 is 1.77 bits per heavy atom. The van der Waals surface area contributed by atoms with Gasteiger partial charge in [-0.1, -0.05) is 6.07 Å². The summed E-state index contributed by atoms with van der Waals surface area (Å²) in [6.07, 6.45) is 3.36. The Balaban J connectivity index is 1.43. The normalized spacial score (nSPS) is 16.3. The van der Waals surface area contributed by atoms with Crippen molar-refractivity contribution in [3.8, 4) is 11.5 Å². The molecule has 0 saturated carbocycles. The average Bonchev–Trinajstić information content (AvgIpc) is 3.54. The first-order valence-electron chi connectivity index (χ1n) is 12.0. The zero-order valence-corrected chi connectivity index (χ0v) is 21.6. The molecule has 4 amide bonds. The second-order valence-electron chi connectivity index (χ2n) is 8.55. The van der Waals surface area contributed by atoms with Crippen LogP contribution < -0.4 is 14.8 Å². The monoisotopic (exact) mass is 563 g/mol. The van der Waals surface area contributed by atoms with Gasteiger partial charge in [0.05, 0.1) is 17.2 Å². The highest BCUT2D eigenvalue weighted by Gasteiger charge is 2.36. The summed E-state index contributed by atoms with van der Waals surface area (Å²) >= 11 is 0.597. The number of thioether (sulfide) groups is 1. The summed E-state index contributed by atoms with van der Waals surface area (Å²) in [5.74, 6) is -5.97. The third-order valence-electron chi connectivity index (χ3n) is 5.86. The third kappa shape index (κ3) is 6.53. The van der Waals surface area contributed by atoms with E-state index < -0.39 is 46.7 Å². The van der Waals surface area contributed by atoms with Crippen LogP contribution in [0.2, 0.25) is 0 Å². The van der Waals surface area contributed by atoms with E-state index in [0.717, 1.165) is 18.9 Å². The number of halogens is 3. The lowest BCUT2D eigenvalue weighted by molar-refractivity contribution is -0.132. The Bertz CT molecular complexity index is 1350. The number of ether oxygens (including phenoxy) is 2. The molecule has 2 aromatic carbocycles. The number of hydrogen-bond donors (Lipinski definition) is 1. The van der Waals surface area contributed by atoms with Gasteiger partial charge in [-0.15, -0.1) is 0 Å². The molecule has 0 aliphatic carbocycles. The lowest BCUT2D eigenvalue weighted by Gasteiger charge is -2.17. The molecule has 9 nitrogen and oxygen atoms in total. The first-order valence-corrected chi connectivity index (χ1v) is 12.9. The van der Waals surface area contributed by atoms with Gasteiger partial charge in [-0.05, 0) is 67.4 Å². The molecule has 39 heavy (non-hydrogen) atoms. The zero-order valence-electron chi connectivity index (χ0n) is 20.8. The van der Waals surface area contributed by atoms with Gasteiger partial charge in [-0.25, -0.2) is 13.2 Å². The molecule has 2 aliphatic rings. The van der Waals surface area contributed by atoms with E-state index in [1.807, 2.05) is 5.32 Å². The fourth-order valence-electron chi connectivity index (χ4n) is 3.94. The van der Waals surface area contributed by atoms with Gasteiger partial charge in [0.15, 0.2) is 35.6 Å². The number of likely N-dealkylation sites (tertiary alicyclic amines) is 1. The maximum absolute atomic E-state index is 13.8. The Labute approximate surface area is 225 Å². The van der Waals surface area contributed by atoms with Gasteiger partial charge in [0.1, 0.15) is 6.54 Å². The van der Waals surface area contributed by atoms with Crippen molar-refractivity contribution < 1.29 is 41.8 Å². The highest BCUT2D eigenvalue weighted by Crippen LogP contribution is 2.35. The molecule has 2 fully saturated rings. The molecule has 1 N–H and O–H groups in total. The molecule has 0 unspecified atom stereocenters. The largest absolute Gasteiger partial charge is 0.490 e. The second kappa shape index (κ2) is 12.2. The van der Waals surface area contributed by atoms with Crippen molar-refractivity contribution in [2.45, 2.75) is 19.8 Å². The number of imide groups is 1. The molecule has 0 aromatic heterocycles. The van der Waals surface area contributed by atoms with E-state index in [1.54, 1.807) is 30.0 Å². The molecule has 206 valence electrons. The lowest BCUT2D eigenvalue weighted by Crippen LogP contribution is -2.36. The van der Waals surface area contributed by atoms with Crippen molar-refractivity contribution in [2.75, 3.05) is 38.2 Å². The van der Waals surface area contributed by atoms with E-state index >= 15 is 0 Å². The van der Waals surface area contributed by atoms with Crippen molar-refractivity contribution >= 4 is 46.5 Å². The third-order valence-corrected chi connectivity index (χ3v) is 6.77. The summed E-state index contributed by atoms with van der Waals surface area (Å²) in [7, 11) is 0. The molecular formula is C26H24F3N3O6S. The number of nitrogens with zero attached hydrogens (tertiary/aromatic N) is 2. The standard InChI is InChI=1S/C26H24F3N3O6S/c1-2-37-19-11-15(5-8-18(19)38-14-22(34)31-9-3-4-10-31)12-20-25(35)32(26(36)39-20)13-21(33)30-17-7-6-16(27)23(28)24(17)29/h5-8,11-12H,2-4,9-10,13-14H2,1H3,(H,30,33)/b20-12-. The summed E-state index contributed by atoms with van der Waals surface area (Å²) in [5.41, 5.74) is -0.134. The van der Waals surface area contributed by atoms with Crippen molar-refractivity contribution in [1.82, 2.24) is 9.80 Å². The minimum Gasteiger partial charge on any atom is -0.490 e. The van der Waals surface area contributed by atoms with Gasteiger partial charge >= 0.3 is 0 Å². The number of hydrogen-bond acceptors (Lipinski definition) is 7. The molecule has 0 spiro atoms. The van der Waals surface area contributed by atoms with Crippen molar-refractivity contribution in [3.63, 3.8) is 0 Å². The maximum Gasteiger partial charge on any atom is 0.294 e. The van der Waals surface area contributed by atoms with Gasteiger partial charge in [-0.2, -0.15) is 0 Å². The number of carbonyl (C=O) groups is 4. The van der Waals surface area contributed by atoms with Crippen LogP contribution in [0, 0.1) is 17.5 Å². The van der Waals surface area contributed by atoms with E-state index in [2.05, 4.69) is 0 Å². The molecule has 2 heterocycles. The van der Waals surface area contributed by atoms with Crippen LogP contribution in [0.4, 0.5) is 23.7 Å². The van der Waals surface area contributed by atoms with E-state index in [9.17, 15) is 32.3 Å². The minimum absolute atomic E-state index is 0.0205. The Hall–Kier alpha value is -4.00. The van der Waals surface area contributed by atoms with E-state index in [0.29, 0.717) is 59.5 Å². The summed E-state index contributed by atoms with van der Waals surface area (Å²) < 4.78 is 51.6. The van der Waals surface area contributed by atoms with Gasteiger partial charge in [0.25, 0.3) is 17.1 Å². The van der Waals surface area contributed by atoms with Crippen LogP contribution >= 0.6 is 11.8 Å². The van der Waals surface area contributed by atoms with Crippen molar-refractivity contribution in [1.29, 1.82) is 0 Å². The summed E-state index contributed by atoms with van der Waals surface area (Å²) in [4.78, 5) is 52.2. The molecule has 2 aliphatic heterocycles. The van der Waals surface area contributed by atoms with E-state index in [1.165, 1.54) is 6.08 Å². The summed E-state index contributed by atoms with van der Waals surface area (Å²) in [6, 6.07) is 6.25. The number of benzene rings is 2. The Morgan fingerprint density at radius 3 is 2.49 bits per heavy atom. The number of nitrogens with one attached hydrogen (secondary N) is 1. The molecule has 2 aromatic rings. The summed E-state index contributed by atoms with van der Waals surface area (Å²) in [5, 5.41) is 1.28. The van der Waals surface area contributed by atoms with Gasteiger partial charge in [0.2, 0.25) is 5.91 Å². The van der Waals surface area contributed by atoms with Crippen LogP contribution in [0.1, 0.15) is 25.3 Å². The van der Waals surface area contributed by atoms with Gasteiger partial charge < -0.3 is 19.7 Å². The van der Waals surface area contributed by atoms with Crippen LogP contribution in [0.5, 0.6) is 11.5 Å². The predicted molar refractivity (Wildman–Crippen MR) is 137 cm³/mol. The molecule has 2 saturated heterocycles. The maximum atomic E-state index is 13.8. The molecule has 0 bridgehead atoms. The molecule has 0 atom stereocenters. The minimum atomic E-state index is -1.76. The SMILES string of the molecule is CCOc1cc(/C=C2\SC(=O)N(CC(=O)Nc3ccc(F)c(F)c3F)C2=O)ccc1OCC(=O)N1CCCC1. The van der Waals surface area contributed by atoms with Crippen LogP contribution in [0.3, 0.4) is 0 Å². The van der Waals surface area contributed by atoms with Crippen molar-refractivity contribution in [3.05, 3.63) is 58.3 Å². The predicted octanol–water partition coefficient (Wildman–Crippen LogP) is 4.18.